The smallest absolute Gasteiger partial charge is 0.263 e. The lowest BCUT2D eigenvalue weighted by atomic mass is 9.99. The molecule has 182 valence electrons. The maximum Gasteiger partial charge on any atom is 0.263 e. The SMILES string of the molecule is COc1cc(-c2cc(F)cc(Cl)c2)c(Cl)cc1-c1ncnc2cc(S(=O)(=O)Nc3ccon3)ccc12. The average Bonchev–Trinajstić information content (AvgIpc) is 3.35. The Morgan fingerprint density at radius 3 is 2.56 bits per heavy atom. The Morgan fingerprint density at radius 1 is 1.00 bits per heavy atom. The molecule has 2 aromatic heterocycles. The fraction of sp³-hybridized carbons (Fsp3) is 0.0417. The van der Waals surface area contributed by atoms with E-state index in [2.05, 4.69) is 24.4 Å². The Bertz CT molecular complexity index is 1690. The van der Waals surface area contributed by atoms with Gasteiger partial charge in [-0.15, -0.1) is 0 Å². The summed E-state index contributed by atoms with van der Waals surface area (Å²) in [6.45, 7) is 0. The number of sulfonamides is 1. The standard InChI is InChI=1S/C24H15Cl2FN4O4S/c1-34-22-11-18(13-6-14(25)8-15(27)7-13)20(26)10-19(22)24-17-3-2-16(9-21(17)28-12-29-24)36(32,33)31-23-4-5-35-30-23/h2-12H,1H3,(H,30,31). The zero-order valence-corrected chi connectivity index (χ0v) is 20.7. The minimum absolute atomic E-state index is 0.0222. The van der Waals surface area contributed by atoms with Gasteiger partial charge in [0.05, 0.1) is 23.2 Å². The van der Waals surface area contributed by atoms with Crippen LogP contribution in [0, 0.1) is 5.82 Å². The van der Waals surface area contributed by atoms with Gasteiger partial charge in [-0.3, -0.25) is 4.72 Å². The minimum Gasteiger partial charge on any atom is -0.496 e. The van der Waals surface area contributed by atoms with Crippen molar-refractivity contribution in [1.29, 1.82) is 0 Å². The number of benzene rings is 3. The second kappa shape index (κ2) is 9.38. The van der Waals surface area contributed by atoms with E-state index in [4.69, 9.17) is 27.9 Å². The molecule has 0 aliphatic heterocycles. The van der Waals surface area contributed by atoms with Crippen LogP contribution in [0.1, 0.15) is 0 Å². The normalized spacial score (nSPS) is 11.6. The minimum atomic E-state index is -3.94. The van der Waals surface area contributed by atoms with Gasteiger partial charge in [0.1, 0.15) is 24.2 Å². The molecule has 0 unspecified atom stereocenters. The molecule has 0 aliphatic rings. The van der Waals surface area contributed by atoms with E-state index in [1.807, 2.05) is 0 Å². The number of methoxy groups -OCH3 is 1. The fourth-order valence-corrected chi connectivity index (χ4v) is 5.23. The highest BCUT2D eigenvalue weighted by molar-refractivity contribution is 7.92. The van der Waals surface area contributed by atoms with Crippen LogP contribution in [-0.2, 0) is 10.0 Å². The van der Waals surface area contributed by atoms with Crippen molar-refractivity contribution in [3.8, 4) is 28.1 Å². The molecular weight excluding hydrogens is 530 g/mol. The Labute approximate surface area is 214 Å². The third-order valence-corrected chi connectivity index (χ3v) is 7.20. The van der Waals surface area contributed by atoms with Crippen molar-refractivity contribution in [2.24, 2.45) is 0 Å². The van der Waals surface area contributed by atoms with E-state index in [1.165, 1.54) is 50.0 Å². The number of rotatable bonds is 6. The van der Waals surface area contributed by atoms with E-state index >= 15 is 0 Å². The summed E-state index contributed by atoms with van der Waals surface area (Å²) >= 11 is 12.6. The summed E-state index contributed by atoms with van der Waals surface area (Å²) in [5.74, 6) is -0.0288. The van der Waals surface area contributed by atoms with E-state index in [1.54, 1.807) is 24.3 Å². The van der Waals surface area contributed by atoms with E-state index in [0.717, 1.165) is 0 Å². The van der Waals surface area contributed by atoms with Crippen molar-refractivity contribution in [1.82, 2.24) is 15.1 Å². The number of halogens is 3. The van der Waals surface area contributed by atoms with Crippen LogP contribution in [0.15, 0.2) is 76.6 Å². The number of nitrogens with zero attached hydrogens (tertiary/aromatic N) is 3. The van der Waals surface area contributed by atoms with Crippen molar-refractivity contribution in [2.45, 2.75) is 4.90 Å². The van der Waals surface area contributed by atoms with Crippen LogP contribution in [0.4, 0.5) is 10.2 Å². The first kappa shape index (κ1) is 24.0. The highest BCUT2D eigenvalue weighted by Gasteiger charge is 2.20. The average molecular weight is 545 g/mol. The van der Waals surface area contributed by atoms with Crippen molar-refractivity contribution >= 4 is 49.9 Å². The molecular formula is C24H15Cl2FN4O4S. The molecule has 0 aliphatic carbocycles. The van der Waals surface area contributed by atoms with Crippen molar-refractivity contribution in [3.63, 3.8) is 0 Å². The van der Waals surface area contributed by atoms with Gasteiger partial charge in [-0.1, -0.05) is 28.4 Å². The number of fused-ring (bicyclic) bond motifs is 1. The monoisotopic (exact) mass is 544 g/mol. The topological polar surface area (TPSA) is 107 Å². The molecule has 0 bridgehead atoms. The summed E-state index contributed by atoms with van der Waals surface area (Å²) in [5, 5.41) is 4.67. The largest absolute Gasteiger partial charge is 0.496 e. The molecule has 36 heavy (non-hydrogen) atoms. The van der Waals surface area contributed by atoms with Gasteiger partial charge in [0, 0.05) is 32.6 Å². The molecule has 0 fully saturated rings. The molecule has 0 radical (unpaired) electrons. The van der Waals surface area contributed by atoms with Gasteiger partial charge in [-0.05, 0) is 54.1 Å². The Hall–Kier alpha value is -3.73. The maximum atomic E-state index is 13.9. The molecule has 0 saturated carbocycles. The summed E-state index contributed by atoms with van der Waals surface area (Å²) in [6.07, 6.45) is 2.57. The molecule has 0 spiro atoms. The van der Waals surface area contributed by atoms with Gasteiger partial charge < -0.3 is 9.26 Å². The van der Waals surface area contributed by atoms with E-state index < -0.39 is 15.8 Å². The third-order valence-electron chi connectivity index (χ3n) is 5.31. The number of ether oxygens (including phenoxy) is 1. The molecule has 0 saturated heterocycles. The number of hydrogen-bond acceptors (Lipinski definition) is 7. The first-order valence-corrected chi connectivity index (χ1v) is 12.5. The van der Waals surface area contributed by atoms with Gasteiger partial charge in [0.15, 0.2) is 5.82 Å². The lowest BCUT2D eigenvalue weighted by Gasteiger charge is -2.14. The van der Waals surface area contributed by atoms with Gasteiger partial charge in [-0.2, -0.15) is 0 Å². The highest BCUT2D eigenvalue weighted by Crippen LogP contribution is 2.41. The number of aromatic nitrogens is 3. The van der Waals surface area contributed by atoms with Crippen molar-refractivity contribution in [2.75, 3.05) is 11.8 Å². The van der Waals surface area contributed by atoms with Gasteiger partial charge >= 0.3 is 0 Å². The highest BCUT2D eigenvalue weighted by atomic mass is 35.5. The number of nitrogens with one attached hydrogen (secondary N) is 1. The Kier molecular flexibility index (Phi) is 6.25. The van der Waals surface area contributed by atoms with Gasteiger partial charge in [-0.25, -0.2) is 22.8 Å². The van der Waals surface area contributed by atoms with Gasteiger partial charge in [0.2, 0.25) is 0 Å². The van der Waals surface area contributed by atoms with Crippen LogP contribution in [0.25, 0.3) is 33.3 Å². The van der Waals surface area contributed by atoms with Crippen molar-refractivity contribution < 1.29 is 22.1 Å². The molecule has 8 nitrogen and oxygen atoms in total. The summed E-state index contributed by atoms with van der Waals surface area (Å²) in [5.41, 5.74) is 2.39. The molecule has 12 heteroatoms. The number of anilines is 1. The quantitative estimate of drug-likeness (QED) is 0.271. The maximum absolute atomic E-state index is 13.9. The molecule has 1 N–H and O–H groups in total. The van der Waals surface area contributed by atoms with Crippen molar-refractivity contribution in [3.05, 3.63) is 83.1 Å². The zero-order valence-electron chi connectivity index (χ0n) is 18.4. The molecule has 0 atom stereocenters. The molecule has 3 aromatic carbocycles. The molecule has 5 rings (SSSR count). The number of hydrogen-bond donors (Lipinski definition) is 1. The summed E-state index contributed by atoms with van der Waals surface area (Å²) in [7, 11) is -2.45. The van der Waals surface area contributed by atoms with Crippen LogP contribution >= 0.6 is 23.2 Å². The van der Waals surface area contributed by atoms with Crippen LogP contribution in [0.3, 0.4) is 0 Å². The lowest BCUT2D eigenvalue weighted by Crippen LogP contribution is -2.13. The first-order valence-electron chi connectivity index (χ1n) is 10.3. The fourth-order valence-electron chi connectivity index (χ4n) is 3.72. The summed E-state index contributed by atoms with van der Waals surface area (Å²) < 4.78 is 52.0. The second-order valence-electron chi connectivity index (χ2n) is 7.58. The zero-order chi connectivity index (χ0) is 25.4. The predicted molar refractivity (Wildman–Crippen MR) is 134 cm³/mol. The third kappa shape index (κ3) is 4.58. The molecule has 5 aromatic rings. The first-order chi connectivity index (χ1) is 17.2. The Balaban J connectivity index is 1.60. The lowest BCUT2D eigenvalue weighted by molar-refractivity contribution is 0.416. The molecule has 0 amide bonds. The van der Waals surface area contributed by atoms with Crippen LogP contribution in [0.5, 0.6) is 5.75 Å². The second-order valence-corrected chi connectivity index (χ2v) is 10.1. The van der Waals surface area contributed by atoms with Crippen LogP contribution in [-0.4, -0.2) is 30.7 Å². The molecule has 2 heterocycles. The van der Waals surface area contributed by atoms with Crippen LogP contribution in [0.2, 0.25) is 10.0 Å². The van der Waals surface area contributed by atoms with E-state index in [0.29, 0.717) is 44.1 Å². The summed E-state index contributed by atoms with van der Waals surface area (Å²) in [6, 6.07) is 13.3. The summed E-state index contributed by atoms with van der Waals surface area (Å²) in [4.78, 5) is 8.60. The van der Waals surface area contributed by atoms with Crippen LogP contribution < -0.4 is 9.46 Å². The van der Waals surface area contributed by atoms with Gasteiger partial charge in [0.25, 0.3) is 10.0 Å². The van der Waals surface area contributed by atoms with E-state index in [-0.39, 0.29) is 15.7 Å². The predicted octanol–water partition coefficient (Wildman–Crippen LogP) is 6.21. The Morgan fingerprint density at radius 2 is 1.83 bits per heavy atom. The van der Waals surface area contributed by atoms with E-state index in [9.17, 15) is 12.8 Å².